The lowest BCUT2D eigenvalue weighted by molar-refractivity contribution is -0.244. The van der Waals surface area contributed by atoms with Gasteiger partial charge >= 0.3 is 0 Å². The molecule has 0 saturated heterocycles. The van der Waals surface area contributed by atoms with Crippen molar-refractivity contribution in [3.05, 3.63) is 12.2 Å². The first-order valence-corrected chi connectivity index (χ1v) is 15.3. The van der Waals surface area contributed by atoms with Crippen molar-refractivity contribution in [2.45, 2.75) is 132 Å². The van der Waals surface area contributed by atoms with E-state index in [4.69, 9.17) is 0 Å². The Bertz CT molecular complexity index is 771. The van der Waals surface area contributed by atoms with Crippen LogP contribution in [0.4, 0.5) is 0 Å². The van der Waals surface area contributed by atoms with Crippen molar-refractivity contribution in [3.8, 4) is 0 Å². The molecule has 0 aliphatic heterocycles. The van der Waals surface area contributed by atoms with Crippen molar-refractivity contribution >= 4 is 0 Å². The van der Waals surface area contributed by atoms with Gasteiger partial charge in [0.1, 0.15) is 0 Å². The third kappa shape index (κ3) is 4.10. The van der Waals surface area contributed by atoms with Crippen molar-refractivity contribution in [2.24, 2.45) is 57.2 Å². The minimum atomic E-state index is -0.152. The van der Waals surface area contributed by atoms with E-state index in [2.05, 4.69) is 55.0 Å². The molecule has 4 aliphatic rings. The molecule has 0 aromatic heterocycles. The molecule has 0 spiro atoms. The summed E-state index contributed by atoms with van der Waals surface area (Å²) in [6.45, 7) is 22.1. The summed E-state index contributed by atoms with van der Waals surface area (Å²) in [5, 5.41) is 21.5. The van der Waals surface area contributed by atoms with Crippen molar-refractivity contribution in [1.29, 1.82) is 0 Å². The zero-order chi connectivity index (χ0) is 25.8. The van der Waals surface area contributed by atoms with Gasteiger partial charge in [-0.1, -0.05) is 73.0 Å². The number of rotatable bonds is 7. The maximum atomic E-state index is 10.9. The summed E-state index contributed by atoms with van der Waals surface area (Å²) in [4.78, 5) is 0. The Labute approximate surface area is 217 Å². The molecule has 4 aliphatic carbocycles. The zero-order valence-corrected chi connectivity index (χ0v) is 24.3. The number of fused-ring (bicyclic) bond motifs is 5. The predicted molar refractivity (Wildman–Crippen MR) is 148 cm³/mol. The normalized spacial score (nSPS) is 47.8. The van der Waals surface area contributed by atoms with Crippen molar-refractivity contribution in [3.63, 3.8) is 0 Å². The molecule has 2 heteroatoms. The maximum absolute atomic E-state index is 10.9. The molecular weight excluding hydrogens is 428 g/mol. The number of aliphatic hydroxyl groups is 2. The van der Waals surface area contributed by atoms with E-state index in [1.54, 1.807) is 0 Å². The van der Waals surface area contributed by atoms with Gasteiger partial charge in [0, 0.05) is 6.61 Å². The lowest BCUT2D eigenvalue weighted by Gasteiger charge is -2.72. The van der Waals surface area contributed by atoms with E-state index in [-0.39, 0.29) is 11.5 Å². The van der Waals surface area contributed by atoms with Gasteiger partial charge in [-0.15, -0.1) is 0 Å². The predicted octanol–water partition coefficient (Wildman–Crippen LogP) is 8.41. The molecule has 202 valence electrons. The second kappa shape index (κ2) is 9.76. The van der Waals surface area contributed by atoms with Crippen LogP contribution in [0.25, 0.3) is 0 Å². The Balaban J connectivity index is 1.70. The van der Waals surface area contributed by atoms with Crippen LogP contribution in [0.1, 0.15) is 126 Å². The Morgan fingerprint density at radius 2 is 1.57 bits per heavy atom. The summed E-state index contributed by atoms with van der Waals surface area (Å²) in [6.07, 6.45) is 14.8. The molecule has 35 heavy (non-hydrogen) atoms. The summed E-state index contributed by atoms with van der Waals surface area (Å²) in [6, 6.07) is 0. The third-order valence-corrected chi connectivity index (χ3v) is 13.4. The van der Waals surface area contributed by atoms with Gasteiger partial charge in [0.15, 0.2) is 0 Å². The van der Waals surface area contributed by atoms with Crippen molar-refractivity contribution < 1.29 is 10.2 Å². The first kappa shape index (κ1) is 27.7. The average molecular weight is 487 g/mol. The quantitative estimate of drug-likeness (QED) is 0.280. The smallest absolute Gasteiger partial charge is 0.0594 e. The van der Waals surface area contributed by atoms with Crippen LogP contribution < -0.4 is 0 Å². The third-order valence-electron chi connectivity index (χ3n) is 13.4. The van der Waals surface area contributed by atoms with E-state index < -0.39 is 0 Å². The number of hydrogen-bond acceptors (Lipinski definition) is 2. The van der Waals surface area contributed by atoms with Gasteiger partial charge in [-0.05, 0) is 122 Å². The van der Waals surface area contributed by atoms with Gasteiger partial charge < -0.3 is 10.2 Å². The van der Waals surface area contributed by atoms with E-state index in [1.165, 1.54) is 76.2 Å². The minimum absolute atomic E-state index is 0.0213. The Hall–Kier alpha value is -0.340. The van der Waals surface area contributed by atoms with Gasteiger partial charge in [-0.25, -0.2) is 0 Å². The van der Waals surface area contributed by atoms with Crippen LogP contribution in [0.5, 0.6) is 0 Å². The highest BCUT2D eigenvalue weighted by atomic mass is 16.3. The Kier molecular flexibility index (Phi) is 7.72. The topological polar surface area (TPSA) is 40.5 Å². The molecule has 2 nitrogen and oxygen atoms in total. The highest BCUT2D eigenvalue weighted by molar-refractivity contribution is 5.18. The average Bonchev–Trinajstić information content (AvgIpc) is 2.79. The van der Waals surface area contributed by atoms with Crippen LogP contribution in [0.15, 0.2) is 12.2 Å². The fourth-order valence-electron chi connectivity index (χ4n) is 11.3. The molecule has 0 heterocycles. The lowest BCUT2D eigenvalue weighted by Crippen LogP contribution is -2.66. The molecule has 0 radical (unpaired) electrons. The molecule has 0 aromatic carbocycles. The first-order chi connectivity index (χ1) is 16.4. The molecule has 4 saturated carbocycles. The maximum Gasteiger partial charge on any atom is 0.0594 e. The number of aliphatic hydroxyl groups excluding tert-OH is 2. The molecule has 8 unspecified atom stereocenters. The largest absolute Gasteiger partial charge is 0.396 e. The molecule has 4 rings (SSSR count). The van der Waals surface area contributed by atoms with E-state index in [9.17, 15) is 10.2 Å². The summed E-state index contributed by atoms with van der Waals surface area (Å²) >= 11 is 0. The van der Waals surface area contributed by atoms with E-state index in [0.717, 1.165) is 12.3 Å². The fourth-order valence-corrected chi connectivity index (χ4v) is 11.3. The molecule has 0 bridgehead atoms. The van der Waals surface area contributed by atoms with Gasteiger partial charge in [0.25, 0.3) is 0 Å². The Morgan fingerprint density at radius 3 is 2.20 bits per heavy atom. The van der Waals surface area contributed by atoms with Crippen LogP contribution in [-0.2, 0) is 0 Å². The van der Waals surface area contributed by atoms with Gasteiger partial charge in [0.2, 0.25) is 0 Å². The standard InChI is InChI=1S/C33H58O2/c1-9-10-11-12-24(22(2)3)29-23(21-34)15-19-32(7)25(29)13-14-27-31(6)18-17-28(35)30(4,5)26(31)16-20-33(27,32)8/h23-29,34-35H,2,9-21H2,1,3-8H3/t23?,24-,25?,26?,27?,28?,29?,31?,32+,33?/m0/s1. The van der Waals surface area contributed by atoms with Crippen LogP contribution in [-0.4, -0.2) is 22.9 Å². The Morgan fingerprint density at radius 1 is 0.886 bits per heavy atom. The molecule has 0 aromatic rings. The van der Waals surface area contributed by atoms with Gasteiger partial charge in [-0.3, -0.25) is 0 Å². The first-order valence-electron chi connectivity index (χ1n) is 15.3. The number of allylic oxidation sites excluding steroid dienone is 1. The number of unbranched alkanes of at least 4 members (excludes halogenated alkanes) is 2. The highest BCUT2D eigenvalue weighted by Crippen LogP contribution is 2.75. The number of hydrogen-bond donors (Lipinski definition) is 2. The minimum Gasteiger partial charge on any atom is -0.396 e. The van der Waals surface area contributed by atoms with Gasteiger partial charge in [-0.2, -0.15) is 0 Å². The van der Waals surface area contributed by atoms with Crippen molar-refractivity contribution in [1.82, 2.24) is 0 Å². The summed E-state index contributed by atoms with van der Waals surface area (Å²) in [7, 11) is 0. The molecule has 4 fully saturated rings. The second-order valence-electron chi connectivity index (χ2n) is 15.1. The SMILES string of the molecule is C=C(C)[C@H](CCCCC)C1C(CO)CC[C@]2(C)C1CCC1C3(C)CCC(O)C(C)(C)C3CCC12C. The molecular formula is C33H58O2. The summed E-state index contributed by atoms with van der Waals surface area (Å²) in [5.74, 6) is 3.64. The van der Waals surface area contributed by atoms with E-state index in [1.807, 2.05) is 0 Å². The summed E-state index contributed by atoms with van der Waals surface area (Å²) < 4.78 is 0. The highest BCUT2D eigenvalue weighted by Gasteiger charge is 2.68. The van der Waals surface area contributed by atoms with Gasteiger partial charge in [0.05, 0.1) is 6.10 Å². The molecule has 0 amide bonds. The van der Waals surface area contributed by atoms with Crippen LogP contribution >= 0.6 is 0 Å². The summed E-state index contributed by atoms with van der Waals surface area (Å²) in [5.41, 5.74) is 2.40. The van der Waals surface area contributed by atoms with Crippen LogP contribution in [0.3, 0.4) is 0 Å². The zero-order valence-electron chi connectivity index (χ0n) is 24.3. The van der Waals surface area contributed by atoms with E-state index in [0.29, 0.717) is 52.4 Å². The van der Waals surface area contributed by atoms with Crippen LogP contribution in [0.2, 0.25) is 0 Å². The monoisotopic (exact) mass is 486 g/mol. The van der Waals surface area contributed by atoms with E-state index >= 15 is 0 Å². The van der Waals surface area contributed by atoms with Crippen molar-refractivity contribution in [2.75, 3.05) is 6.61 Å². The second-order valence-corrected chi connectivity index (χ2v) is 15.1. The van der Waals surface area contributed by atoms with Crippen LogP contribution in [0, 0.1) is 57.2 Å². The lowest BCUT2D eigenvalue weighted by atomic mass is 9.32. The molecule has 10 atom stereocenters. The fraction of sp³-hybridized carbons (Fsp3) is 0.939. The molecule has 2 N–H and O–H groups in total.